The summed E-state index contributed by atoms with van der Waals surface area (Å²) < 4.78 is 6.77. The third-order valence-corrected chi connectivity index (χ3v) is 6.37. The van der Waals surface area contributed by atoms with Crippen molar-refractivity contribution < 1.29 is 14.3 Å². The molecule has 38 heavy (non-hydrogen) atoms. The van der Waals surface area contributed by atoms with Crippen molar-refractivity contribution in [2.24, 2.45) is 7.05 Å². The van der Waals surface area contributed by atoms with Gasteiger partial charge in [-0.3, -0.25) is 14.3 Å². The fourth-order valence-electron chi connectivity index (χ4n) is 4.33. The first-order valence-electron chi connectivity index (χ1n) is 11.7. The van der Waals surface area contributed by atoms with Crippen molar-refractivity contribution >= 4 is 34.2 Å². The molecule has 0 aliphatic heterocycles. The van der Waals surface area contributed by atoms with E-state index in [2.05, 4.69) is 20.3 Å². The molecule has 1 aromatic carbocycles. The van der Waals surface area contributed by atoms with E-state index in [0.29, 0.717) is 45.3 Å². The molecule has 0 aliphatic carbocycles. The second kappa shape index (κ2) is 9.71. The molecule has 0 spiro atoms. The fourth-order valence-corrected chi connectivity index (χ4v) is 4.47. The number of carboxylic acid groups (broad SMARTS) is 1. The molecule has 1 atom stereocenters. The smallest absolute Gasteiger partial charge is 0.356 e. The molecule has 10 nitrogen and oxygen atoms in total. The van der Waals surface area contributed by atoms with E-state index in [9.17, 15) is 14.7 Å². The Kier molecular flexibility index (Phi) is 6.41. The molecule has 0 amide bonds. The highest BCUT2D eigenvalue weighted by Gasteiger charge is 2.20. The van der Waals surface area contributed by atoms with Gasteiger partial charge in [0.1, 0.15) is 22.9 Å². The number of aryl methyl sites for hydroxylation is 2. The number of carbonyl (C=O) groups is 1. The minimum absolute atomic E-state index is 0.0785. The Morgan fingerprint density at radius 1 is 1.11 bits per heavy atom. The Balaban J connectivity index is 1.60. The summed E-state index contributed by atoms with van der Waals surface area (Å²) in [7, 11) is 1.67. The molecule has 5 aromatic rings. The van der Waals surface area contributed by atoms with Crippen LogP contribution in [0.2, 0.25) is 5.15 Å². The average Bonchev–Trinajstić information content (AvgIpc) is 3.33. The van der Waals surface area contributed by atoms with Gasteiger partial charge in [-0.1, -0.05) is 17.7 Å². The van der Waals surface area contributed by atoms with Crippen molar-refractivity contribution in [1.82, 2.24) is 24.5 Å². The number of oxazole rings is 1. The molecule has 5 rings (SSSR count). The van der Waals surface area contributed by atoms with E-state index in [-0.39, 0.29) is 16.4 Å². The van der Waals surface area contributed by atoms with Crippen LogP contribution >= 0.6 is 11.6 Å². The first-order valence-corrected chi connectivity index (χ1v) is 12.1. The van der Waals surface area contributed by atoms with Crippen LogP contribution in [0.3, 0.4) is 0 Å². The summed E-state index contributed by atoms with van der Waals surface area (Å²) >= 11 is 5.90. The van der Waals surface area contributed by atoms with Gasteiger partial charge in [-0.25, -0.2) is 19.7 Å². The van der Waals surface area contributed by atoms with E-state index in [1.54, 1.807) is 38.4 Å². The summed E-state index contributed by atoms with van der Waals surface area (Å²) in [5, 5.41) is 13.3. The molecular weight excluding hydrogens is 508 g/mol. The number of benzene rings is 1. The molecule has 0 radical (unpaired) electrons. The van der Waals surface area contributed by atoms with Gasteiger partial charge in [0.05, 0.1) is 28.3 Å². The lowest BCUT2D eigenvalue weighted by molar-refractivity contribution is 0.0691. The summed E-state index contributed by atoms with van der Waals surface area (Å²) in [6.45, 7) is 5.51. The van der Waals surface area contributed by atoms with E-state index in [4.69, 9.17) is 21.0 Å². The topological polar surface area (TPSA) is 136 Å². The summed E-state index contributed by atoms with van der Waals surface area (Å²) in [6.07, 6.45) is 3.18. The van der Waals surface area contributed by atoms with E-state index in [1.807, 2.05) is 26.0 Å². The van der Waals surface area contributed by atoms with Gasteiger partial charge in [-0.05, 0) is 49.7 Å². The maximum Gasteiger partial charge on any atom is 0.356 e. The van der Waals surface area contributed by atoms with Gasteiger partial charge in [0, 0.05) is 31.3 Å². The molecular formula is C27H23ClN6O4. The Labute approximate surface area is 222 Å². The second-order valence-corrected chi connectivity index (χ2v) is 9.32. The van der Waals surface area contributed by atoms with Gasteiger partial charge in [0.15, 0.2) is 11.6 Å². The monoisotopic (exact) mass is 530 g/mol. The first-order chi connectivity index (χ1) is 18.1. The van der Waals surface area contributed by atoms with Gasteiger partial charge >= 0.3 is 5.97 Å². The molecule has 4 aromatic heterocycles. The van der Waals surface area contributed by atoms with Crippen LogP contribution in [-0.2, 0) is 7.05 Å². The third kappa shape index (κ3) is 4.61. The predicted molar refractivity (Wildman–Crippen MR) is 143 cm³/mol. The van der Waals surface area contributed by atoms with Gasteiger partial charge in [0.25, 0.3) is 5.56 Å². The number of nitrogens with zero attached hydrogens (tertiary/aromatic N) is 5. The fraction of sp³-hybridized carbons (Fsp3) is 0.185. The van der Waals surface area contributed by atoms with Crippen LogP contribution in [0, 0.1) is 13.8 Å². The standard InChI is InChI=1S/C27H23ClN6O4/c1-13-9-17(14(2)30-20-7-8-22(28)32-24(20)27(36)37)23-18(10-13)26(35)34(4)25(33-23)16-5-6-19(29-11-16)21-12-38-15(3)31-21/h5-12,14,30H,1-4H3,(H,36,37)/t14-/m1/s1. The predicted octanol–water partition coefficient (Wildman–Crippen LogP) is 5.19. The maximum atomic E-state index is 13.4. The summed E-state index contributed by atoms with van der Waals surface area (Å²) in [4.78, 5) is 42.8. The minimum Gasteiger partial charge on any atom is -0.476 e. The molecule has 0 saturated carbocycles. The maximum absolute atomic E-state index is 13.4. The van der Waals surface area contributed by atoms with Crippen molar-refractivity contribution in [3.63, 3.8) is 0 Å². The zero-order chi connectivity index (χ0) is 27.1. The zero-order valence-corrected chi connectivity index (χ0v) is 21.7. The number of nitrogens with one attached hydrogen (secondary N) is 1. The normalized spacial score (nSPS) is 12.0. The molecule has 4 heterocycles. The lowest BCUT2D eigenvalue weighted by Gasteiger charge is -2.20. The number of hydrogen-bond donors (Lipinski definition) is 2. The van der Waals surface area contributed by atoms with Crippen molar-refractivity contribution in [2.45, 2.75) is 26.8 Å². The number of aromatic carboxylic acids is 1. The molecule has 0 unspecified atom stereocenters. The lowest BCUT2D eigenvalue weighted by Crippen LogP contribution is -2.22. The average molecular weight is 531 g/mol. The van der Waals surface area contributed by atoms with Crippen LogP contribution in [0.4, 0.5) is 5.69 Å². The molecule has 11 heteroatoms. The molecule has 0 bridgehead atoms. The number of rotatable bonds is 6. The number of aromatic nitrogens is 5. The number of carboxylic acids is 1. The molecule has 192 valence electrons. The SMILES string of the molecule is Cc1cc([C@@H](C)Nc2ccc(Cl)nc2C(=O)O)c2nc(-c3ccc(-c4coc(C)n4)nc3)n(C)c(=O)c2c1. The largest absolute Gasteiger partial charge is 0.476 e. The van der Waals surface area contributed by atoms with Crippen molar-refractivity contribution in [2.75, 3.05) is 5.32 Å². The van der Waals surface area contributed by atoms with E-state index in [0.717, 1.165) is 11.1 Å². The number of hydrogen-bond acceptors (Lipinski definition) is 8. The second-order valence-electron chi connectivity index (χ2n) is 8.94. The highest BCUT2D eigenvalue weighted by Crippen LogP contribution is 2.29. The van der Waals surface area contributed by atoms with E-state index >= 15 is 0 Å². The van der Waals surface area contributed by atoms with Gasteiger partial charge in [-0.15, -0.1) is 0 Å². The van der Waals surface area contributed by atoms with Crippen LogP contribution < -0.4 is 10.9 Å². The summed E-state index contributed by atoms with van der Waals surface area (Å²) in [5.41, 5.74) is 3.90. The van der Waals surface area contributed by atoms with Crippen molar-refractivity contribution in [3.05, 3.63) is 87.1 Å². The van der Waals surface area contributed by atoms with E-state index < -0.39 is 12.0 Å². The van der Waals surface area contributed by atoms with Gasteiger partial charge in [0.2, 0.25) is 0 Å². The van der Waals surface area contributed by atoms with Crippen molar-refractivity contribution in [3.8, 4) is 22.8 Å². The first kappa shape index (κ1) is 25.1. The number of fused-ring (bicyclic) bond motifs is 1. The van der Waals surface area contributed by atoms with Crippen LogP contribution in [0.15, 0.2) is 58.1 Å². The molecule has 0 saturated heterocycles. The van der Waals surface area contributed by atoms with Crippen LogP contribution in [0.5, 0.6) is 0 Å². The van der Waals surface area contributed by atoms with Crippen LogP contribution in [0.1, 0.15) is 40.5 Å². The van der Waals surface area contributed by atoms with Gasteiger partial charge in [-0.2, -0.15) is 0 Å². The summed E-state index contributed by atoms with van der Waals surface area (Å²) in [6, 6.07) is 10.0. The molecule has 2 N–H and O–H groups in total. The van der Waals surface area contributed by atoms with E-state index in [1.165, 1.54) is 16.9 Å². The lowest BCUT2D eigenvalue weighted by atomic mass is 10.0. The zero-order valence-electron chi connectivity index (χ0n) is 21.0. The Hall–Kier alpha value is -4.57. The highest BCUT2D eigenvalue weighted by molar-refractivity contribution is 6.29. The number of anilines is 1. The highest BCUT2D eigenvalue weighted by atomic mass is 35.5. The summed E-state index contributed by atoms with van der Waals surface area (Å²) in [5.74, 6) is -0.225. The van der Waals surface area contributed by atoms with Gasteiger partial charge < -0.3 is 14.8 Å². The van der Waals surface area contributed by atoms with Crippen molar-refractivity contribution in [1.29, 1.82) is 0 Å². The number of halogens is 1. The van der Waals surface area contributed by atoms with Crippen LogP contribution in [-0.4, -0.2) is 35.6 Å². The van der Waals surface area contributed by atoms with Crippen LogP contribution in [0.25, 0.3) is 33.7 Å². The third-order valence-electron chi connectivity index (χ3n) is 6.16. The minimum atomic E-state index is -1.21. The Morgan fingerprint density at radius 2 is 1.89 bits per heavy atom. The quantitative estimate of drug-likeness (QED) is 0.284. The number of pyridine rings is 2. The Morgan fingerprint density at radius 3 is 2.55 bits per heavy atom. The Bertz CT molecular complexity index is 1760. The molecule has 0 aliphatic rings. The molecule has 0 fully saturated rings.